The summed E-state index contributed by atoms with van der Waals surface area (Å²) in [5.74, 6) is -0.595. The third kappa shape index (κ3) is 5.22. The summed E-state index contributed by atoms with van der Waals surface area (Å²) in [6, 6.07) is 11.4. The Morgan fingerprint density at radius 3 is 2.45 bits per heavy atom. The zero-order valence-corrected chi connectivity index (χ0v) is 16.7. The largest absolute Gasteiger partial charge is 0.417 e. The molecule has 1 heterocycles. The fourth-order valence-electron chi connectivity index (χ4n) is 3.24. The van der Waals surface area contributed by atoms with Gasteiger partial charge in [0.1, 0.15) is 0 Å². The van der Waals surface area contributed by atoms with E-state index in [0.717, 1.165) is 12.1 Å². The van der Waals surface area contributed by atoms with Crippen molar-refractivity contribution in [2.24, 2.45) is 0 Å². The highest BCUT2D eigenvalue weighted by Gasteiger charge is 2.36. The van der Waals surface area contributed by atoms with E-state index < -0.39 is 38.5 Å². The van der Waals surface area contributed by atoms with Crippen molar-refractivity contribution >= 4 is 38.7 Å². The Hall–Kier alpha value is -2.26. The fourth-order valence-corrected chi connectivity index (χ4v) is 5.17. The fraction of sp³-hybridized carbons (Fsp3) is 0.316. The van der Waals surface area contributed by atoms with Gasteiger partial charge in [0.05, 0.1) is 34.7 Å². The van der Waals surface area contributed by atoms with Crippen molar-refractivity contribution in [1.29, 1.82) is 0 Å². The molecule has 1 aliphatic rings. The Morgan fingerprint density at radius 1 is 1.17 bits per heavy atom. The molecule has 1 N–H and O–H groups in total. The molecule has 0 aliphatic carbocycles. The lowest BCUT2D eigenvalue weighted by molar-refractivity contribution is -0.137. The maximum Gasteiger partial charge on any atom is 0.417 e. The van der Waals surface area contributed by atoms with Crippen LogP contribution in [0.25, 0.3) is 0 Å². The number of rotatable bonds is 5. The van der Waals surface area contributed by atoms with Crippen LogP contribution in [0.15, 0.2) is 48.5 Å². The van der Waals surface area contributed by atoms with E-state index in [1.807, 2.05) is 0 Å². The van der Waals surface area contributed by atoms with Gasteiger partial charge < -0.3 is 10.2 Å². The Bertz CT molecular complexity index is 998. The van der Waals surface area contributed by atoms with E-state index in [1.54, 1.807) is 30.3 Å². The molecular weight excluding hydrogens is 429 g/mol. The number of nitrogens with one attached hydrogen (secondary N) is 1. The summed E-state index contributed by atoms with van der Waals surface area (Å²) in [7, 11) is -3.23. The average molecular weight is 447 g/mol. The minimum absolute atomic E-state index is 0.00612. The van der Waals surface area contributed by atoms with Crippen LogP contribution in [0.4, 0.5) is 24.5 Å². The van der Waals surface area contributed by atoms with Gasteiger partial charge in [-0.15, -0.1) is 0 Å². The van der Waals surface area contributed by atoms with E-state index in [0.29, 0.717) is 12.1 Å². The second-order valence-corrected chi connectivity index (χ2v) is 9.34. The molecule has 0 saturated carbocycles. The van der Waals surface area contributed by atoms with Crippen molar-refractivity contribution in [2.75, 3.05) is 28.3 Å². The topological polar surface area (TPSA) is 66.5 Å². The summed E-state index contributed by atoms with van der Waals surface area (Å²) in [5.41, 5.74) is -0.381. The number of para-hydroxylation sites is 1. The number of hydrogen-bond donors (Lipinski definition) is 1. The van der Waals surface area contributed by atoms with Crippen LogP contribution in [0.3, 0.4) is 0 Å². The summed E-state index contributed by atoms with van der Waals surface area (Å²) in [5, 5.41) is 2.25. The Kier molecular flexibility index (Phi) is 6.09. The molecule has 1 amide bonds. The van der Waals surface area contributed by atoms with Gasteiger partial charge in [-0.25, -0.2) is 8.42 Å². The first kappa shape index (κ1) is 21.4. The van der Waals surface area contributed by atoms with E-state index in [2.05, 4.69) is 5.32 Å². The minimum atomic E-state index is -4.62. The first-order valence-electron chi connectivity index (χ1n) is 8.75. The van der Waals surface area contributed by atoms with Gasteiger partial charge in [-0.05, 0) is 36.8 Å². The highest BCUT2D eigenvalue weighted by molar-refractivity contribution is 7.91. The maximum absolute atomic E-state index is 13.0. The molecule has 3 rings (SSSR count). The average Bonchev–Trinajstić information content (AvgIpc) is 3.00. The number of sulfone groups is 1. The molecule has 0 radical (unpaired) electrons. The smallest absolute Gasteiger partial charge is 0.376 e. The van der Waals surface area contributed by atoms with Crippen LogP contribution in [-0.4, -0.2) is 38.4 Å². The van der Waals surface area contributed by atoms with Crippen molar-refractivity contribution in [3.8, 4) is 0 Å². The number of carbonyl (C=O) groups excluding carboxylic acids is 1. The van der Waals surface area contributed by atoms with Crippen LogP contribution in [0.5, 0.6) is 0 Å². The van der Waals surface area contributed by atoms with Crippen LogP contribution in [0.1, 0.15) is 12.0 Å². The molecule has 2 aromatic rings. The molecule has 0 bridgehead atoms. The predicted octanol–water partition coefficient (Wildman–Crippen LogP) is 3.99. The van der Waals surface area contributed by atoms with Crippen molar-refractivity contribution in [3.63, 3.8) is 0 Å². The van der Waals surface area contributed by atoms with Crippen molar-refractivity contribution in [2.45, 2.75) is 18.6 Å². The third-order valence-corrected chi connectivity index (χ3v) is 6.67. The molecule has 1 fully saturated rings. The number of nitrogens with zero attached hydrogens (tertiary/aromatic N) is 1. The third-order valence-electron chi connectivity index (χ3n) is 4.59. The first-order chi connectivity index (χ1) is 13.6. The van der Waals surface area contributed by atoms with Crippen LogP contribution < -0.4 is 10.2 Å². The molecule has 0 aromatic heterocycles. The molecule has 1 atom stereocenters. The van der Waals surface area contributed by atoms with E-state index in [1.165, 1.54) is 11.0 Å². The minimum Gasteiger partial charge on any atom is -0.376 e. The number of benzene rings is 2. The van der Waals surface area contributed by atoms with E-state index in [-0.39, 0.29) is 23.7 Å². The van der Waals surface area contributed by atoms with Gasteiger partial charge in [-0.1, -0.05) is 29.8 Å². The molecule has 1 saturated heterocycles. The zero-order chi connectivity index (χ0) is 21.2. The summed E-state index contributed by atoms with van der Waals surface area (Å²) < 4.78 is 62.8. The van der Waals surface area contributed by atoms with Gasteiger partial charge in [0.2, 0.25) is 5.91 Å². The number of carbonyl (C=O) groups is 1. The summed E-state index contributed by atoms with van der Waals surface area (Å²) in [6.45, 7) is -0.301. The summed E-state index contributed by atoms with van der Waals surface area (Å²) in [4.78, 5) is 14.3. The molecule has 2 aromatic carbocycles. The molecular formula is C19H18ClF3N2O3S. The lowest BCUT2D eigenvalue weighted by Gasteiger charge is -2.28. The lowest BCUT2D eigenvalue weighted by Crippen LogP contribution is -2.44. The Labute approximate surface area is 171 Å². The van der Waals surface area contributed by atoms with Gasteiger partial charge in [0.25, 0.3) is 0 Å². The molecule has 29 heavy (non-hydrogen) atoms. The highest BCUT2D eigenvalue weighted by atomic mass is 35.5. The summed E-state index contributed by atoms with van der Waals surface area (Å²) >= 11 is 5.61. The van der Waals surface area contributed by atoms with Crippen LogP contribution in [-0.2, 0) is 20.8 Å². The number of hydrogen-bond acceptors (Lipinski definition) is 4. The monoisotopic (exact) mass is 446 g/mol. The van der Waals surface area contributed by atoms with E-state index in [9.17, 15) is 26.4 Å². The Balaban J connectivity index is 1.79. The van der Waals surface area contributed by atoms with Crippen molar-refractivity contribution in [1.82, 2.24) is 0 Å². The van der Waals surface area contributed by atoms with Gasteiger partial charge in [-0.3, -0.25) is 4.79 Å². The molecule has 10 heteroatoms. The van der Waals surface area contributed by atoms with E-state index in [4.69, 9.17) is 11.6 Å². The van der Waals surface area contributed by atoms with Crippen LogP contribution >= 0.6 is 11.6 Å². The molecule has 156 valence electrons. The number of amides is 1. The molecule has 1 aliphatic heterocycles. The predicted molar refractivity (Wildman–Crippen MR) is 106 cm³/mol. The summed E-state index contributed by atoms with van der Waals surface area (Å²) in [6.07, 6.45) is -4.31. The normalized spacial score (nSPS) is 18.4. The van der Waals surface area contributed by atoms with Crippen molar-refractivity contribution in [3.05, 3.63) is 59.1 Å². The van der Waals surface area contributed by atoms with Crippen molar-refractivity contribution < 1.29 is 26.4 Å². The first-order valence-corrected chi connectivity index (χ1v) is 10.9. The highest BCUT2D eigenvalue weighted by Crippen LogP contribution is 2.36. The van der Waals surface area contributed by atoms with Gasteiger partial charge in [0.15, 0.2) is 9.84 Å². The second kappa shape index (κ2) is 8.23. The molecule has 0 spiro atoms. The van der Waals surface area contributed by atoms with Gasteiger partial charge in [-0.2, -0.15) is 13.2 Å². The second-order valence-electron chi connectivity index (χ2n) is 6.70. The lowest BCUT2D eigenvalue weighted by atomic mass is 10.1. The quantitative estimate of drug-likeness (QED) is 0.754. The maximum atomic E-state index is 13.0. The number of alkyl halides is 3. The SMILES string of the molecule is O=C(CNc1ccc(Cl)c(C(F)(F)F)c1)N(c1ccccc1)[C@@H]1CCS(=O)(=O)C1. The van der Waals surface area contributed by atoms with Gasteiger partial charge >= 0.3 is 6.18 Å². The zero-order valence-electron chi connectivity index (χ0n) is 15.1. The Morgan fingerprint density at radius 2 is 1.86 bits per heavy atom. The van der Waals surface area contributed by atoms with Gasteiger partial charge in [0, 0.05) is 11.4 Å². The molecule has 5 nitrogen and oxygen atoms in total. The molecule has 0 unspecified atom stereocenters. The van der Waals surface area contributed by atoms with Crippen LogP contribution in [0, 0.1) is 0 Å². The van der Waals surface area contributed by atoms with Crippen LogP contribution in [0.2, 0.25) is 5.02 Å². The number of halogens is 4. The van der Waals surface area contributed by atoms with E-state index >= 15 is 0 Å². The number of anilines is 2. The standard InChI is InChI=1S/C19H18ClF3N2O3S/c20-17-7-6-13(10-16(17)19(21,22)23)24-11-18(26)25(14-4-2-1-3-5-14)15-8-9-29(27,28)12-15/h1-7,10,15,24H,8-9,11-12H2/t15-/m1/s1.